The number of halogens is 3. The van der Waals surface area contributed by atoms with Crippen molar-refractivity contribution in [3.63, 3.8) is 0 Å². The molecule has 4 unspecified atom stereocenters. The summed E-state index contributed by atoms with van der Waals surface area (Å²) in [5, 5.41) is 13.2. The lowest BCUT2D eigenvalue weighted by molar-refractivity contribution is -0.153. The van der Waals surface area contributed by atoms with E-state index >= 15 is 0 Å². The Bertz CT molecular complexity index is 1090. The molecule has 6 nitrogen and oxygen atoms in total. The molecule has 174 valence electrons. The number of carbonyl (C=O) groups excluding carboxylic acids is 2. The summed E-state index contributed by atoms with van der Waals surface area (Å²) < 4.78 is 39.1. The van der Waals surface area contributed by atoms with Crippen molar-refractivity contribution in [2.24, 2.45) is 17.8 Å². The van der Waals surface area contributed by atoms with Crippen LogP contribution in [0.4, 0.5) is 13.2 Å². The average Bonchev–Trinajstić information content (AvgIpc) is 3.25. The van der Waals surface area contributed by atoms with Gasteiger partial charge in [-0.25, -0.2) is 0 Å². The van der Waals surface area contributed by atoms with Crippen molar-refractivity contribution in [1.29, 1.82) is 0 Å². The van der Waals surface area contributed by atoms with E-state index in [1.165, 1.54) is 12.1 Å². The van der Waals surface area contributed by atoms with E-state index in [0.717, 1.165) is 17.0 Å². The maximum atomic E-state index is 13.4. The second-order valence-corrected chi connectivity index (χ2v) is 8.82. The molecule has 2 fully saturated rings. The molecule has 0 radical (unpaired) electrons. The fraction of sp³-hybridized carbons (Fsp3) is 0.375. The summed E-state index contributed by atoms with van der Waals surface area (Å²) in [6.07, 6.45) is -4.53. The first kappa shape index (κ1) is 23.0. The van der Waals surface area contributed by atoms with Crippen LogP contribution in [0.2, 0.25) is 0 Å². The highest BCUT2D eigenvalue weighted by atomic mass is 19.4. The van der Waals surface area contributed by atoms with Gasteiger partial charge < -0.3 is 5.11 Å². The molecule has 2 aliphatic rings. The molecule has 2 aromatic carbocycles. The van der Waals surface area contributed by atoms with E-state index in [1.54, 1.807) is 44.2 Å². The maximum absolute atomic E-state index is 13.4. The van der Waals surface area contributed by atoms with Crippen molar-refractivity contribution in [2.45, 2.75) is 38.1 Å². The zero-order valence-corrected chi connectivity index (χ0v) is 18.0. The van der Waals surface area contributed by atoms with Gasteiger partial charge in [0.15, 0.2) is 0 Å². The Morgan fingerprint density at radius 3 is 2.18 bits per heavy atom. The Morgan fingerprint density at radius 1 is 1.06 bits per heavy atom. The number of aliphatic carboxylic acids is 1. The maximum Gasteiger partial charge on any atom is 0.416 e. The molecule has 4 rings (SSSR count). The van der Waals surface area contributed by atoms with Gasteiger partial charge in [0.2, 0.25) is 11.8 Å². The predicted octanol–water partition coefficient (Wildman–Crippen LogP) is 3.63. The van der Waals surface area contributed by atoms with Crippen LogP contribution in [0.25, 0.3) is 0 Å². The summed E-state index contributed by atoms with van der Waals surface area (Å²) in [6.45, 7) is 3.29. The Hall–Kier alpha value is -3.20. The highest BCUT2D eigenvalue weighted by Crippen LogP contribution is 2.51. The van der Waals surface area contributed by atoms with E-state index in [4.69, 9.17) is 0 Å². The van der Waals surface area contributed by atoms with Gasteiger partial charge in [0.25, 0.3) is 0 Å². The number of amides is 2. The molecule has 0 saturated carbocycles. The molecule has 0 aliphatic carbocycles. The first-order valence-corrected chi connectivity index (χ1v) is 10.6. The zero-order valence-electron chi connectivity index (χ0n) is 18.0. The van der Waals surface area contributed by atoms with Crippen LogP contribution in [-0.4, -0.2) is 33.3 Å². The summed E-state index contributed by atoms with van der Waals surface area (Å²) in [6, 6.07) is 12.2. The molecular formula is C24H23F3N2O4. The number of hydrogen-bond acceptors (Lipinski definition) is 4. The van der Waals surface area contributed by atoms with Crippen LogP contribution in [0.15, 0.2) is 54.6 Å². The van der Waals surface area contributed by atoms with E-state index in [2.05, 4.69) is 5.32 Å². The van der Waals surface area contributed by atoms with Crippen molar-refractivity contribution >= 4 is 17.8 Å². The SMILES string of the molecule is CC(C)C1(C(=O)O)NC(c2ccc(C(F)(F)F)cc2)C2C(=O)N(Cc3ccccc3)C(=O)C21. The monoisotopic (exact) mass is 460 g/mol. The normalized spacial score (nSPS) is 27.3. The molecule has 2 N–H and O–H groups in total. The van der Waals surface area contributed by atoms with Crippen LogP contribution < -0.4 is 5.32 Å². The predicted molar refractivity (Wildman–Crippen MR) is 112 cm³/mol. The molecule has 2 aliphatic heterocycles. The van der Waals surface area contributed by atoms with Gasteiger partial charge in [0.1, 0.15) is 5.54 Å². The van der Waals surface area contributed by atoms with Gasteiger partial charge in [-0.2, -0.15) is 13.2 Å². The number of carbonyl (C=O) groups is 3. The minimum atomic E-state index is -4.53. The van der Waals surface area contributed by atoms with Crippen LogP contribution in [0.5, 0.6) is 0 Å². The van der Waals surface area contributed by atoms with E-state index in [1.807, 2.05) is 0 Å². The number of hydrogen-bond donors (Lipinski definition) is 2. The molecule has 0 aromatic heterocycles. The fourth-order valence-electron chi connectivity index (χ4n) is 5.06. The van der Waals surface area contributed by atoms with Crippen LogP contribution in [-0.2, 0) is 27.1 Å². The molecule has 2 heterocycles. The molecule has 2 amide bonds. The average molecular weight is 460 g/mol. The Kier molecular flexibility index (Phi) is 5.56. The number of imide groups is 1. The van der Waals surface area contributed by atoms with Crippen molar-refractivity contribution in [3.8, 4) is 0 Å². The zero-order chi connectivity index (χ0) is 24.1. The lowest BCUT2D eigenvalue weighted by atomic mass is 9.73. The number of likely N-dealkylation sites (tertiary alicyclic amines) is 1. The largest absolute Gasteiger partial charge is 0.480 e. The molecule has 2 saturated heterocycles. The summed E-state index contributed by atoms with van der Waals surface area (Å²) in [5.41, 5.74) is -1.56. The smallest absolute Gasteiger partial charge is 0.416 e. The van der Waals surface area contributed by atoms with Crippen molar-refractivity contribution < 1.29 is 32.7 Å². The van der Waals surface area contributed by atoms with Gasteiger partial charge in [-0.3, -0.25) is 24.6 Å². The van der Waals surface area contributed by atoms with Gasteiger partial charge >= 0.3 is 12.1 Å². The van der Waals surface area contributed by atoms with Gasteiger partial charge in [0.05, 0.1) is 23.9 Å². The summed E-state index contributed by atoms with van der Waals surface area (Å²) in [5.74, 6) is -5.20. The van der Waals surface area contributed by atoms with Gasteiger partial charge in [0, 0.05) is 6.04 Å². The molecular weight excluding hydrogens is 437 g/mol. The molecule has 4 atom stereocenters. The van der Waals surface area contributed by atoms with Crippen molar-refractivity contribution in [2.75, 3.05) is 0 Å². The fourth-order valence-corrected chi connectivity index (χ4v) is 5.06. The minimum absolute atomic E-state index is 0.000960. The van der Waals surface area contributed by atoms with Gasteiger partial charge in [-0.05, 0) is 29.2 Å². The van der Waals surface area contributed by atoms with E-state index in [-0.39, 0.29) is 6.54 Å². The molecule has 0 spiro atoms. The van der Waals surface area contributed by atoms with Crippen LogP contribution in [0.1, 0.15) is 36.6 Å². The van der Waals surface area contributed by atoms with E-state index < -0.39 is 58.9 Å². The third-order valence-corrected chi connectivity index (χ3v) is 6.73. The second-order valence-electron chi connectivity index (χ2n) is 8.82. The standard InChI is InChI=1S/C24H23F3N2O4/c1-13(2)23(22(32)33)18-17(19(28-23)15-8-10-16(11-9-15)24(25,26)27)20(30)29(21(18)31)12-14-6-4-3-5-7-14/h3-11,13,17-19,28H,12H2,1-2H3,(H,32,33). The number of benzene rings is 2. The number of alkyl halides is 3. The van der Waals surface area contributed by atoms with Crippen LogP contribution >= 0.6 is 0 Å². The van der Waals surface area contributed by atoms with E-state index in [0.29, 0.717) is 11.1 Å². The third-order valence-electron chi connectivity index (χ3n) is 6.73. The minimum Gasteiger partial charge on any atom is -0.480 e. The molecule has 9 heteroatoms. The highest BCUT2D eigenvalue weighted by Gasteiger charge is 2.69. The Morgan fingerprint density at radius 2 is 1.67 bits per heavy atom. The summed E-state index contributed by atoms with van der Waals surface area (Å²) >= 11 is 0. The number of carboxylic acid groups (broad SMARTS) is 1. The number of rotatable bonds is 5. The van der Waals surface area contributed by atoms with Crippen molar-refractivity contribution in [3.05, 3.63) is 71.3 Å². The van der Waals surface area contributed by atoms with Crippen molar-refractivity contribution in [1.82, 2.24) is 10.2 Å². The van der Waals surface area contributed by atoms with Gasteiger partial charge in [-0.1, -0.05) is 56.3 Å². The first-order valence-electron chi connectivity index (χ1n) is 10.6. The lowest BCUT2D eigenvalue weighted by Crippen LogP contribution is -2.59. The van der Waals surface area contributed by atoms with E-state index in [9.17, 15) is 32.7 Å². The highest BCUT2D eigenvalue weighted by molar-refractivity contribution is 6.09. The Balaban J connectivity index is 1.78. The Labute approximate surface area is 188 Å². The quantitative estimate of drug-likeness (QED) is 0.666. The first-order chi connectivity index (χ1) is 15.5. The molecule has 0 bridgehead atoms. The van der Waals surface area contributed by atoms with Crippen LogP contribution in [0, 0.1) is 17.8 Å². The van der Waals surface area contributed by atoms with Crippen LogP contribution in [0.3, 0.4) is 0 Å². The third kappa shape index (κ3) is 3.60. The lowest BCUT2D eigenvalue weighted by Gasteiger charge is -2.34. The molecule has 33 heavy (non-hydrogen) atoms. The number of nitrogens with zero attached hydrogens (tertiary/aromatic N) is 1. The second kappa shape index (κ2) is 7.98. The van der Waals surface area contributed by atoms with Gasteiger partial charge in [-0.15, -0.1) is 0 Å². The number of carboxylic acids is 1. The topological polar surface area (TPSA) is 86.7 Å². The summed E-state index contributed by atoms with van der Waals surface area (Å²) in [4.78, 5) is 40.4. The number of fused-ring (bicyclic) bond motifs is 1. The molecule has 2 aromatic rings. The summed E-state index contributed by atoms with van der Waals surface area (Å²) in [7, 11) is 0. The number of nitrogens with one attached hydrogen (secondary N) is 1.